The van der Waals surface area contributed by atoms with Gasteiger partial charge in [0.05, 0.1) is 6.54 Å². The molecule has 0 unspecified atom stereocenters. The van der Waals surface area contributed by atoms with Gasteiger partial charge in [-0.25, -0.2) is 9.59 Å². The van der Waals surface area contributed by atoms with Crippen LogP contribution in [0.2, 0.25) is 0 Å². The summed E-state index contributed by atoms with van der Waals surface area (Å²) < 4.78 is 4.96. The Morgan fingerprint density at radius 1 is 1.33 bits per heavy atom. The van der Waals surface area contributed by atoms with Crippen LogP contribution >= 0.6 is 0 Å². The van der Waals surface area contributed by atoms with Gasteiger partial charge in [-0.2, -0.15) is 0 Å². The lowest BCUT2D eigenvalue weighted by Gasteiger charge is -2.24. The fraction of sp³-hybridized carbons (Fsp3) is 0.818. The van der Waals surface area contributed by atoms with Crippen LogP contribution in [0.3, 0.4) is 0 Å². The number of hydrogen-bond donors (Lipinski definition) is 4. The zero-order valence-corrected chi connectivity index (χ0v) is 11.0. The van der Waals surface area contributed by atoms with Crippen LogP contribution < -0.4 is 10.6 Å². The minimum absolute atomic E-state index is 0.112. The summed E-state index contributed by atoms with van der Waals surface area (Å²) in [6.45, 7) is 4.69. The average Bonchev–Trinajstić information content (AvgIpc) is 2.30. The number of carbonyl (C=O) groups is 2. The van der Waals surface area contributed by atoms with Crippen molar-refractivity contribution in [3.63, 3.8) is 0 Å². The predicted molar refractivity (Wildman–Crippen MR) is 65.3 cm³/mol. The van der Waals surface area contributed by atoms with Crippen LogP contribution in [-0.2, 0) is 9.53 Å². The molecule has 0 aliphatic carbocycles. The van der Waals surface area contributed by atoms with Crippen molar-refractivity contribution in [3.8, 4) is 0 Å². The van der Waals surface area contributed by atoms with Crippen molar-refractivity contribution in [2.24, 2.45) is 5.41 Å². The summed E-state index contributed by atoms with van der Waals surface area (Å²) in [5, 5.41) is 22.3. The molecule has 18 heavy (non-hydrogen) atoms. The van der Waals surface area contributed by atoms with Crippen molar-refractivity contribution in [1.82, 2.24) is 10.6 Å². The van der Waals surface area contributed by atoms with E-state index in [-0.39, 0.29) is 12.0 Å². The molecular formula is C11H22N2O5. The number of aliphatic hydroxyl groups is 1. The molecule has 0 fully saturated rings. The SMILES string of the molecule is COCCC(C)(C)CNC(=O)NC[C@H](O)C(=O)O. The molecule has 0 rings (SSSR count). The smallest absolute Gasteiger partial charge is 0.334 e. The van der Waals surface area contributed by atoms with Crippen LogP contribution in [0.5, 0.6) is 0 Å². The second kappa shape index (κ2) is 7.88. The first kappa shape index (κ1) is 16.7. The summed E-state index contributed by atoms with van der Waals surface area (Å²) in [5.41, 5.74) is -0.112. The Balaban J connectivity index is 3.85. The molecule has 0 bridgehead atoms. The maximum Gasteiger partial charge on any atom is 0.334 e. The normalized spacial score (nSPS) is 12.9. The van der Waals surface area contributed by atoms with Gasteiger partial charge in [-0.15, -0.1) is 0 Å². The number of amides is 2. The summed E-state index contributed by atoms with van der Waals surface area (Å²) in [7, 11) is 1.61. The molecule has 0 heterocycles. The fourth-order valence-corrected chi connectivity index (χ4v) is 1.13. The van der Waals surface area contributed by atoms with Gasteiger partial charge in [0, 0.05) is 20.3 Å². The first-order valence-electron chi connectivity index (χ1n) is 5.70. The minimum Gasteiger partial charge on any atom is -0.479 e. The number of carboxylic acids is 1. The van der Waals surface area contributed by atoms with Gasteiger partial charge in [0.2, 0.25) is 0 Å². The van der Waals surface area contributed by atoms with Crippen LogP contribution in [0, 0.1) is 5.41 Å². The number of ether oxygens (including phenoxy) is 1. The van der Waals surface area contributed by atoms with Gasteiger partial charge >= 0.3 is 12.0 Å². The van der Waals surface area contributed by atoms with Crippen LogP contribution in [-0.4, -0.2) is 55.1 Å². The molecule has 0 saturated carbocycles. The summed E-state index contributed by atoms with van der Waals surface area (Å²) in [4.78, 5) is 21.6. The van der Waals surface area contributed by atoms with E-state index in [9.17, 15) is 9.59 Å². The van der Waals surface area contributed by atoms with Crippen LogP contribution in [0.4, 0.5) is 4.79 Å². The Labute approximate surface area is 107 Å². The predicted octanol–water partition coefficient (Wildman–Crippen LogP) is -0.206. The van der Waals surface area contributed by atoms with Crippen molar-refractivity contribution in [3.05, 3.63) is 0 Å². The molecule has 0 aliphatic rings. The van der Waals surface area contributed by atoms with Gasteiger partial charge in [-0.3, -0.25) is 0 Å². The van der Waals surface area contributed by atoms with Gasteiger partial charge < -0.3 is 25.6 Å². The lowest BCUT2D eigenvalue weighted by molar-refractivity contribution is -0.146. The fourth-order valence-electron chi connectivity index (χ4n) is 1.13. The highest BCUT2D eigenvalue weighted by Gasteiger charge is 2.19. The summed E-state index contributed by atoms with van der Waals surface area (Å²) in [5.74, 6) is -1.37. The maximum absolute atomic E-state index is 11.3. The standard InChI is InChI=1S/C11H22N2O5/c1-11(2,4-5-18-3)7-13-10(17)12-6-8(14)9(15)16/h8,14H,4-7H2,1-3H3,(H,15,16)(H2,12,13,17)/t8-/m0/s1. The quantitative estimate of drug-likeness (QED) is 0.484. The van der Waals surface area contributed by atoms with E-state index in [1.54, 1.807) is 7.11 Å². The van der Waals surface area contributed by atoms with Crippen LogP contribution in [0.15, 0.2) is 0 Å². The van der Waals surface area contributed by atoms with Crippen molar-refractivity contribution >= 4 is 12.0 Å². The Morgan fingerprint density at radius 2 is 1.94 bits per heavy atom. The first-order chi connectivity index (χ1) is 8.28. The van der Waals surface area contributed by atoms with E-state index >= 15 is 0 Å². The zero-order valence-electron chi connectivity index (χ0n) is 11.0. The van der Waals surface area contributed by atoms with Crippen molar-refractivity contribution in [2.45, 2.75) is 26.4 Å². The van der Waals surface area contributed by atoms with Crippen LogP contribution in [0.25, 0.3) is 0 Å². The van der Waals surface area contributed by atoms with Crippen molar-refractivity contribution in [1.29, 1.82) is 0 Å². The lowest BCUT2D eigenvalue weighted by Crippen LogP contribution is -2.44. The highest BCUT2D eigenvalue weighted by atomic mass is 16.5. The Bertz CT molecular complexity index is 281. The van der Waals surface area contributed by atoms with Gasteiger partial charge in [-0.05, 0) is 11.8 Å². The van der Waals surface area contributed by atoms with Gasteiger partial charge in [0.1, 0.15) is 0 Å². The third-order valence-electron chi connectivity index (χ3n) is 2.45. The molecule has 0 radical (unpaired) electrons. The Kier molecular flexibility index (Phi) is 7.30. The number of carboxylic acid groups (broad SMARTS) is 1. The van der Waals surface area contributed by atoms with E-state index < -0.39 is 18.1 Å². The molecule has 106 valence electrons. The molecule has 0 spiro atoms. The summed E-state index contributed by atoms with van der Waals surface area (Å²) >= 11 is 0. The van der Waals surface area contributed by atoms with Gasteiger partial charge in [0.15, 0.2) is 6.10 Å². The number of rotatable bonds is 8. The lowest BCUT2D eigenvalue weighted by atomic mass is 9.90. The number of carbonyl (C=O) groups excluding carboxylic acids is 1. The average molecular weight is 262 g/mol. The molecule has 7 heteroatoms. The summed E-state index contributed by atoms with van der Waals surface area (Å²) in [6, 6.07) is -0.499. The summed E-state index contributed by atoms with van der Waals surface area (Å²) in [6.07, 6.45) is -0.793. The Morgan fingerprint density at radius 3 is 2.44 bits per heavy atom. The van der Waals surface area contributed by atoms with Crippen LogP contribution in [0.1, 0.15) is 20.3 Å². The second-order valence-corrected chi connectivity index (χ2v) is 4.82. The number of urea groups is 1. The highest BCUT2D eigenvalue weighted by molar-refractivity contribution is 5.76. The van der Waals surface area contributed by atoms with E-state index in [1.165, 1.54) is 0 Å². The van der Waals surface area contributed by atoms with Gasteiger partial charge in [-0.1, -0.05) is 13.8 Å². The molecule has 1 atom stereocenters. The molecule has 0 aromatic heterocycles. The van der Waals surface area contributed by atoms with E-state index in [0.29, 0.717) is 13.2 Å². The molecule has 7 nitrogen and oxygen atoms in total. The highest BCUT2D eigenvalue weighted by Crippen LogP contribution is 2.18. The number of nitrogens with one attached hydrogen (secondary N) is 2. The van der Waals surface area contributed by atoms with E-state index in [1.807, 2.05) is 13.8 Å². The van der Waals surface area contributed by atoms with Crippen molar-refractivity contribution < 1.29 is 24.5 Å². The number of methoxy groups -OCH3 is 1. The largest absolute Gasteiger partial charge is 0.479 e. The second-order valence-electron chi connectivity index (χ2n) is 4.82. The molecular weight excluding hydrogens is 240 g/mol. The number of aliphatic carboxylic acids is 1. The van der Waals surface area contributed by atoms with Crippen molar-refractivity contribution in [2.75, 3.05) is 26.8 Å². The molecule has 0 aliphatic heterocycles. The first-order valence-corrected chi connectivity index (χ1v) is 5.70. The van der Waals surface area contributed by atoms with E-state index in [0.717, 1.165) is 6.42 Å². The Hall–Kier alpha value is -1.34. The zero-order chi connectivity index (χ0) is 14.2. The maximum atomic E-state index is 11.3. The minimum atomic E-state index is -1.59. The van der Waals surface area contributed by atoms with E-state index in [4.69, 9.17) is 14.9 Å². The number of hydrogen-bond acceptors (Lipinski definition) is 4. The molecule has 0 aromatic carbocycles. The topological polar surface area (TPSA) is 108 Å². The molecule has 2 amide bonds. The monoisotopic (exact) mass is 262 g/mol. The third kappa shape index (κ3) is 7.86. The molecule has 0 aromatic rings. The molecule has 4 N–H and O–H groups in total. The van der Waals surface area contributed by atoms with Gasteiger partial charge in [0.25, 0.3) is 0 Å². The van der Waals surface area contributed by atoms with E-state index in [2.05, 4.69) is 10.6 Å². The number of aliphatic hydroxyl groups excluding tert-OH is 1. The molecule has 0 saturated heterocycles. The third-order valence-corrected chi connectivity index (χ3v) is 2.45.